The molecule has 1 heterocycles. The molecule has 1 aliphatic heterocycles. The molecule has 0 saturated heterocycles. The molecular formula is C23H18N2O5. The summed E-state index contributed by atoms with van der Waals surface area (Å²) in [5, 5.41) is 4.14. The highest BCUT2D eigenvalue weighted by atomic mass is 16.7. The number of benzene rings is 3. The number of Topliss-reactive ketones (excluding diaryl/α,β-unsaturated/α-hetero) is 1. The van der Waals surface area contributed by atoms with Gasteiger partial charge in [0, 0.05) is 5.56 Å². The summed E-state index contributed by atoms with van der Waals surface area (Å²) in [7, 11) is 0. The minimum atomic E-state index is -0.745. The van der Waals surface area contributed by atoms with Gasteiger partial charge in [0.05, 0.1) is 12.1 Å². The van der Waals surface area contributed by atoms with E-state index in [2.05, 4.69) is 10.5 Å². The van der Waals surface area contributed by atoms with Crippen LogP contribution in [0.3, 0.4) is 0 Å². The first-order chi connectivity index (χ1) is 14.7. The Bertz CT molecular complexity index is 1080. The van der Waals surface area contributed by atoms with E-state index < -0.39 is 6.09 Å². The lowest BCUT2D eigenvalue weighted by Gasteiger charge is -2.08. The number of hydrazone groups is 1. The molecule has 7 nitrogen and oxygen atoms in total. The average molecular weight is 402 g/mol. The smallest absolute Gasteiger partial charge is 0.433 e. The van der Waals surface area contributed by atoms with Crippen molar-refractivity contribution in [3.63, 3.8) is 0 Å². The fourth-order valence-electron chi connectivity index (χ4n) is 2.89. The zero-order valence-corrected chi connectivity index (χ0v) is 15.9. The van der Waals surface area contributed by atoms with Gasteiger partial charge in [0.1, 0.15) is 5.75 Å². The van der Waals surface area contributed by atoms with E-state index in [1.54, 1.807) is 42.5 Å². The minimum absolute atomic E-state index is 0.0186. The van der Waals surface area contributed by atoms with Crippen molar-refractivity contribution in [2.45, 2.75) is 6.42 Å². The molecule has 1 amide bonds. The number of ketones is 1. The van der Waals surface area contributed by atoms with Crippen LogP contribution in [0, 0.1) is 0 Å². The molecule has 3 aromatic carbocycles. The molecule has 0 fully saturated rings. The van der Waals surface area contributed by atoms with Gasteiger partial charge in [-0.2, -0.15) is 5.10 Å². The Morgan fingerprint density at radius 2 is 1.57 bits per heavy atom. The second-order valence-corrected chi connectivity index (χ2v) is 6.41. The van der Waals surface area contributed by atoms with E-state index in [1.807, 2.05) is 36.4 Å². The number of hydrogen-bond donors (Lipinski definition) is 1. The monoisotopic (exact) mass is 402 g/mol. The highest BCUT2D eigenvalue weighted by molar-refractivity contribution is 6.16. The van der Waals surface area contributed by atoms with Crippen LogP contribution in [0.4, 0.5) is 4.79 Å². The van der Waals surface area contributed by atoms with Crippen molar-refractivity contribution in [3.05, 3.63) is 90.0 Å². The summed E-state index contributed by atoms with van der Waals surface area (Å²) in [4.78, 5) is 24.9. The number of nitrogens with zero attached hydrogens (tertiary/aromatic N) is 1. The van der Waals surface area contributed by atoms with E-state index in [1.165, 1.54) is 0 Å². The number of amides is 1. The standard InChI is InChI=1S/C23H18N2O5/c26-20(17-11-12-21-22(13-17)29-15-28-21)14-19(16-7-3-1-4-8-16)24-25-23(27)30-18-9-5-2-6-10-18/h1-13H,14-15H2,(H,25,27)/b24-19-. The van der Waals surface area contributed by atoms with E-state index in [0.717, 1.165) is 0 Å². The summed E-state index contributed by atoms with van der Waals surface area (Å²) in [5.74, 6) is 1.36. The molecule has 0 aromatic heterocycles. The largest absolute Gasteiger partial charge is 0.454 e. The van der Waals surface area contributed by atoms with Crippen LogP contribution in [-0.4, -0.2) is 24.4 Å². The normalized spacial score (nSPS) is 12.3. The molecule has 4 rings (SSSR count). The number of carbonyl (C=O) groups is 2. The quantitative estimate of drug-likeness (QED) is 0.380. The molecule has 0 unspecified atom stereocenters. The summed E-state index contributed by atoms with van der Waals surface area (Å²) in [5.41, 5.74) is 3.95. The molecule has 1 N–H and O–H groups in total. The van der Waals surface area contributed by atoms with Crippen LogP contribution in [0.15, 0.2) is 84.0 Å². The highest BCUT2D eigenvalue weighted by Gasteiger charge is 2.18. The van der Waals surface area contributed by atoms with Crippen LogP contribution in [0.5, 0.6) is 17.2 Å². The third-order valence-electron chi connectivity index (χ3n) is 4.37. The van der Waals surface area contributed by atoms with Gasteiger partial charge in [0.2, 0.25) is 6.79 Å². The lowest BCUT2D eigenvalue weighted by Crippen LogP contribution is -2.24. The minimum Gasteiger partial charge on any atom is -0.454 e. The van der Waals surface area contributed by atoms with Gasteiger partial charge >= 0.3 is 6.09 Å². The fraction of sp³-hybridized carbons (Fsp3) is 0.0870. The van der Waals surface area contributed by atoms with Crippen LogP contribution < -0.4 is 19.6 Å². The number of rotatable bonds is 6. The van der Waals surface area contributed by atoms with Gasteiger partial charge in [-0.3, -0.25) is 4.79 Å². The van der Waals surface area contributed by atoms with Crippen LogP contribution in [-0.2, 0) is 0 Å². The Balaban J connectivity index is 1.50. The van der Waals surface area contributed by atoms with Gasteiger partial charge in [-0.1, -0.05) is 48.5 Å². The van der Waals surface area contributed by atoms with Crippen molar-refractivity contribution in [1.29, 1.82) is 0 Å². The van der Waals surface area contributed by atoms with E-state index in [9.17, 15) is 9.59 Å². The maximum absolute atomic E-state index is 12.8. The molecule has 0 radical (unpaired) electrons. The van der Waals surface area contributed by atoms with Gasteiger partial charge in [-0.05, 0) is 35.9 Å². The third kappa shape index (κ3) is 4.64. The van der Waals surface area contributed by atoms with E-state index >= 15 is 0 Å². The Hall–Kier alpha value is -4.13. The number of para-hydroxylation sites is 1. The maximum Gasteiger partial charge on any atom is 0.433 e. The topological polar surface area (TPSA) is 86.2 Å². The first kappa shape index (κ1) is 19.2. The first-order valence-corrected chi connectivity index (χ1v) is 9.27. The van der Waals surface area contributed by atoms with Gasteiger partial charge in [0.15, 0.2) is 17.3 Å². The fourth-order valence-corrected chi connectivity index (χ4v) is 2.89. The van der Waals surface area contributed by atoms with E-state index in [-0.39, 0.29) is 19.0 Å². The first-order valence-electron chi connectivity index (χ1n) is 9.27. The maximum atomic E-state index is 12.8. The Labute approximate surface area is 172 Å². The van der Waals surface area contributed by atoms with Crippen molar-refractivity contribution >= 4 is 17.6 Å². The molecule has 1 aliphatic rings. The average Bonchev–Trinajstić information content (AvgIpc) is 3.25. The van der Waals surface area contributed by atoms with Crippen LogP contribution in [0.1, 0.15) is 22.3 Å². The van der Waals surface area contributed by atoms with Gasteiger partial charge in [-0.15, -0.1) is 0 Å². The Kier molecular flexibility index (Phi) is 5.70. The Morgan fingerprint density at radius 1 is 0.867 bits per heavy atom. The van der Waals surface area contributed by atoms with Crippen molar-refractivity contribution in [1.82, 2.24) is 5.43 Å². The van der Waals surface area contributed by atoms with Crippen LogP contribution in [0.2, 0.25) is 0 Å². The summed E-state index contributed by atoms with van der Waals surface area (Å²) in [6.45, 7) is 0.136. The SMILES string of the molecule is O=C(N/N=C(/CC(=O)c1ccc2c(c1)OCO2)c1ccccc1)Oc1ccccc1. The van der Waals surface area contributed by atoms with Crippen LogP contribution >= 0.6 is 0 Å². The van der Waals surface area contributed by atoms with Gasteiger partial charge < -0.3 is 14.2 Å². The third-order valence-corrected chi connectivity index (χ3v) is 4.37. The predicted molar refractivity (Wildman–Crippen MR) is 110 cm³/mol. The summed E-state index contributed by atoms with van der Waals surface area (Å²) < 4.78 is 15.8. The molecule has 0 saturated carbocycles. The molecule has 0 atom stereocenters. The van der Waals surface area contributed by atoms with E-state index in [0.29, 0.717) is 34.1 Å². The molecule has 150 valence electrons. The van der Waals surface area contributed by atoms with Crippen molar-refractivity contribution in [2.75, 3.05) is 6.79 Å². The van der Waals surface area contributed by atoms with Crippen molar-refractivity contribution in [3.8, 4) is 17.2 Å². The lowest BCUT2D eigenvalue weighted by molar-refractivity contribution is 0.1000. The molecular weight excluding hydrogens is 384 g/mol. The number of ether oxygens (including phenoxy) is 3. The summed E-state index contributed by atoms with van der Waals surface area (Å²) >= 11 is 0. The summed E-state index contributed by atoms with van der Waals surface area (Å²) in [6, 6.07) is 22.8. The number of fused-ring (bicyclic) bond motifs is 1. The molecule has 0 aliphatic carbocycles. The summed E-state index contributed by atoms with van der Waals surface area (Å²) in [6.07, 6.45) is -0.764. The highest BCUT2D eigenvalue weighted by Crippen LogP contribution is 2.32. The number of nitrogens with one attached hydrogen (secondary N) is 1. The lowest BCUT2D eigenvalue weighted by atomic mass is 10.0. The van der Waals surface area contributed by atoms with Crippen molar-refractivity contribution in [2.24, 2.45) is 5.10 Å². The second-order valence-electron chi connectivity index (χ2n) is 6.41. The second kappa shape index (κ2) is 8.91. The van der Waals surface area contributed by atoms with Crippen molar-refractivity contribution < 1.29 is 23.8 Å². The molecule has 3 aromatic rings. The molecule has 0 bridgehead atoms. The molecule has 7 heteroatoms. The number of hydrogen-bond acceptors (Lipinski definition) is 6. The Morgan fingerprint density at radius 3 is 2.33 bits per heavy atom. The van der Waals surface area contributed by atoms with Crippen LogP contribution in [0.25, 0.3) is 0 Å². The molecule has 0 spiro atoms. The van der Waals surface area contributed by atoms with E-state index in [4.69, 9.17) is 14.2 Å². The zero-order valence-electron chi connectivity index (χ0n) is 15.9. The van der Waals surface area contributed by atoms with Gasteiger partial charge in [-0.25, -0.2) is 10.2 Å². The van der Waals surface area contributed by atoms with Gasteiger partial charge in [0.25, 0.3) is 0 Å². The zero-order chi connectivity index (χ0) is 20.8. The number of carbonyl (C=O) groups excluding carboxylic acids is 2. The molecule has 30 heavy (non-hydrogen) atoms. The predicted octanol–water partition coefficient (Wildman–Crippen LogP) is 4.18.